The van der Waals surface area contributed by atoms with Crippen LogP contribution in [0.5, 0.6) is 0 Å². The van der Waals surface area contributed by atoms with E-state index in [1.807, 2.05) is 12.1 Å². The Bertz CT molecular complexity index is 338. The van der Waals surface area contributed by atoms with Gasteiger partial charge in [0.15, 0.2) is 0 Å². The molecule has 1 heterocycles. The van der Waals surface area contributed by atoms with Gasteiger partial charge in [-0.1, -0.05) is 30.7 Å². The first-order chi connectivity index (χ1) is 7.65. The number of aliphatic hydroxyl groups is 1. The number of benzene rings is 1. The van der Waals surface area contributed by atoms with Crippen molar-refractivity contribution in [1.82, 2.24) is 4.90 Å². The summed E-state index contributed by atoms with van der Waals surface area (Å²) in [4.78, 5) is 2.39. The maximum Gasteiger partial charge on any atom is 0.0590 e. The van der Waals surface area contributed by atoms with Gasteiger partial charge in [0.25, 0.3) is 0 Å². The zero-order chi connectivity index (χ0) is 11.5. The number of hydrogen-bond donors (Lipinski definition) is 1. The average Bonchev–Trinajstić information content (AvgIpc) is 2.27. The second kappa shape index (κ2) is 5.17. The Kier molecular flexibility index (Phi) is 3.85. The normalized spacial score (nSPS) is 26.9. The second-order valence-corrected chi connectivity index (χ2v) is 5.13. The molecule has 88 valence electrons. The first kappa shape index (κ1) is 11.9. The van der Waals surface area contributed by atoms with Crippen LogP contribution in [0.25, 0.3) is 0 Å². The quantitative estimate of drug-likeness (QED) is 0.858. The van der Waals surface area contributed by atoms with E-state index < -0.39 is 0 Å². The van der Waals surface area contributed by atoms with Crippen LogP contribution >= 0.6 is 11.6 Å². The molecule has 2 atom stereocenters. The van der Waals surface area contributed by atoms with Gasteiger partial charge in [0.1, 0.15) is 0 Å². The van der Waals surface area contributed by atoms with E-state index in [2.05, 4.69) is 24.0 Å². The molecule has 0 aromatic heterocycles. The van der Waals surface area contributed by atoms with Gasteiger partial charge in [-0.05, 0) is 30.0 Å². The van der Waals surface area contributed by atoms with Crippen LogP contribution in [-0.4, -0.2) is 29.2 Å². The summed E-state index contributed by atoms with van der Waals surface area (Å²) in [5.41, 5.74) is 1.29. The van der Waals surface area contributed by atoms with Crippen molar-refractivity contribution >= 4 is 11.6 Å². The predicted octanol–water partition coefficient (Wildman–Crippen LogP) is 2.54. The number of halogens is 1. The van der Waals surface area contributed by atoms with Crippen LogP contribution in [0.15, 0.2) is 24.3 Å². The van der Waals surface area contributed by atoms with Crippen molar-refractivity contribution in [3.05, 3.63) is 34.9 Å². The largest absolute Gasteiger partial charge is 0.393 e. The van der Waals surface area contributed by atoms with Crippen molar-refractivity contribution < 1.29 is 5.11 Å². The van der Waals surface area contributed by atoms with Crippen molar-refractivity contribution in [2.75, 3.05) is 13.1 Å². The van der Waals surface area contributed by atoms with E-state index >= 15 is 0 Å². The number of hydrogen-bond acceptors (Lipinski definition) is 2. The molecular weight excluding hydrogens is 222 g/mol. The van der Waals surface area contributed by atoms with Crippen LogP contribution in [0.3, 0.4) is 0 Å². The molecule has 0 aliphatic carbocycles. The molecule has 1 aromatic carbocycles. The standard InChI is InChI=1S/C13H18ClNO/c1-10-8-15(7-6-13(10)16)9-11-2-4-12(14)5-3-11/h2-5,10,13,16H,6-9H2,1H3/t10-,13-/m1/s1. The van der Waals surface area contributed by atoms with E-state index in [-0.39, 0.29) is 6.10 Å². The third-order valence-electron chi connectivity index (χ3n) is 3.26. The highest BCUT2D eigenvalue weighted by Gasteiger charge is 2.23. The minimum absolute atomic E-state index is 0.124. The van der Waals surface area contributed by atoms with Gasteiger partial charge < -0.3 is 5.11 Å². The summed E-state index contributed by atoms with van der Waals surface area (Å²) in [7, 11) is 0. The highest BCUT2D eigenvalue weighted by molar-refractivity contribution is 6.30. The average molecular weight is 240 g/mol. The summed E-state index contributed by atoms with van der Waals surface area (Å²) < 4.78 is 0. The molecule has 0 amide bonds. The Morgan fingerprint density at radius 1 is 1.38 bits per heavy atom. The third kappa shape index (κ3) is 2.97. The van der Waals surface area contributed by atoms with E-state index in [4.69, 9.17) is 11.6 Å². The molecule has 0 bridgehead atoms. The SMILES string of the molecule is C[C@@H]1CN(Cc2ccc(Cl)cc2)CC[C@H]1O. The van der Waals surface area contributed by atoms with Crippen LogP contribution in [0, 0.1) is 5.92 Å². The zero-order valence-corrected chi connectivity index (χ0v) is 10.3. The van der Waals surface area contributed by atoms with E-state index in [9.17, 15) is 5.11 Å². The van der Waals surface area contributed by atoms with Crippen LogP contribution in [0.4, 0.5) is 0 Å². The number of likely N-dealkylation sites (tertiary alicyclic amines) is 1. The third-order valence-corrected chi connectivity index (χ3v) is 3.52. The lowest BCUT2D eigenvalue weighted by atomic mass is 9.96. The Labute approximate surface area is 102 Å². The van der Waals surface area contributed by atoms with Crippen LogP contribution in [-0.2, 0) is 6.54 Å². The topological polar surface area (TPSA) is 23.5 Å². The fourth-order valence-electron chi connectivity index (χ4n) is 2.21. The van der Waals surface area contributed by atoms with E-state index in [1.165, 1.54) is 5.56 Å². The number of aliphatic hydroxyl groups excluding tert-OH is 1. The maximum atomic E-state index is 9.65. The van der Waals surface area contributed by atoms with E-state index in [0.717, 1.165) is 31.1 Å². The first-order valence-electron chi connectivity index (χ1n) is 5.80. The lowest BCUT2D eigenvalue weighted by molar-refractivity contribution is 0.0320. The monoisotopic (exact) mass is 239 g/mol. The first-order valence-corrected chi connectivity index (χ1v) is 6.18. The summed E-state index contributed by atoms with van der Waals surface area (Å²) in [6.45, 7) is 5.02. The molecule has 1 saturated heterocycles. The van der Waals surface area contributed by atoms with Gasteiger partial charge in [0.05, 0.1) is 6.10 Å². The summed E-state index contributed by atoms with van der Waals surface area (Å²) in [5.74, 6) is 0.376. The lowest BCUT2D eigenvalue weighted by Crippen LogP contribution is -2.41. The summed E-state index contributed by atoms with van der Waals surface area (Å²) in [6, 6.07) is 7.99. The minimum atomic E-state index is -0.124. The molecule has 0 saturated carbocycles. The highest BCUT2D eigenvalue weighted by atomic mass is 35.5. The van der Waals surface area contributed by atoms with Crippen LogP contribution < -0.4 is 0 Å². The van der Waals surface area contributed by atoms with Gasteiger partial charge in [-0.3, -0.25) is 4.90 Å². The molecular formula is C13H18ClNO. The van der Waals surface area contributed by atoms with Gasteiger partial charge in [-0.2, -0.15) is 0 Å². The molecule has 1 aliphatic rings. The van der Waals surface area contributed by atoms with Crippen molar-refractivity contribution in [1.29, 1.82) is 0 Å². The fraction of sp³-hybridized carbons (Fsp3) is 0.538. The molecule has 3 heteroatoms. The van der Waals surface area contributed by atoms with Crippen molar-refractivity contribution in [3.63, 3.8) is 0 Å². The Morgan fingerprint density at radius 3 is 2.69 bits per heavy atom. The van der Waals surface area contributed by atoms with Gasteiger partial charge in [-0.25, -0.2) is 0 Å². The molecule has 1 fully saturated rings. The summed E-state index contributed by atoms with van der Waals surface area (Å²) in [6.07, 6.45) is 0.760. The second-order valence-electron chi connectivity index (χ2n) is 4.69. The molecule has 0 spiro atoms. The van der Waals surface area contributed by atoms with Gasteiger partial charge in [0, 0.05) is 24.7 Å². The van der Waals surface area contributed by atoms with Gasteiger partial charge in [0.2, 0.25) is 0 Å². The fourth-order valence-corrected chi connectivity index (χ4v) is 2.34. The van der Waals surface area contributed by atoms with Gasteiger partial charge >= 0.3 is 0 Å². The molecule has 1 N–H and O–H groups in total. The maximum absolute atomic E-state index is 9.65. The Balaban J connectivity index is 1.93. The predicted molar refractivity (Wildman–Crippen MR) is 66.5 cm³/mol. The number of nitrogens with zero attached hydrogens (tertiary/aromatic N) is 1. The number of rotatable bonds is 2. The summed E-state index contributed by atoms with van der Waals surface area (Å²) in [5, 5.41) is 10.4. The van der Waals surface area contributed by atoms with Crippen LogP contribution in [0.1, 0.15) is 18.9 Å². The van der Waals surface area contributed by atoms with Crippen molar-refractivity contribution in [2.24, 2.45) is 5.92 Å². The Hall–Kier alpha value is -0.570. The summed E-state index contributed by atoms with van der Waals surface area (Å²) >= 11 is 5.85. The van der Waals surface area contributed by atoms with Gasteiger partial charge in [-0.15, -0.1) is 0 Å². The van der Waals surface area contributed by atoms with E-state index in [1.54, 1.807) is 0 Å². The van der Waals surface area contributed by atoms with Crippen molar-refractivity contribution in [3.8, 4) is 0 Å². The number of piperidine rings is 1. The smallest absolute Gasteiger partial charge is 0.0590 e. The lowest BCUT2D eigenvalue weighted by Gasteiger charge is -2.34. The molecule has 16 heavy (non-hydrogen) atoms. The van der Waals surface area contributed by atoms with E-state index in [0.29, 0.717) is 5.92 Å². The van der Waals surface area contributed by atoms with Crippen LogP contribution in [0.2, 0.25) is 5.02 Å². The molecule has 1 aromatic rings. The molecule has 2 rings (SSSR count). The molecule has 0 radical (unpaired) electrons. The molecule has 0 unspecified atom stereocenters. The zero-order valence-electron chi connectivity index (χ0n) is 9.56. The Morgan fingerprint density at radius 2 is 2.06 bits per heavy atom. The minimum Gasteiger partial charge on any atom is -0.393 e. The van der Waals surface area contributed by atoms with Crippen molar-refractivity contribution in [2.45, 2.75) is 26.0 Å². The highest BCUT2D eigenvalue weighted by Crippen LogP contribution is 2.19. The molecule has 1 aliphatic heterocycles. The molecule has 2 nitrogen and oxygen atoms in total.